The standard InChI is InChI=1S/C28H24Cl2N2O3S/c1-4-13-35-22-11-7-19(8-12-22)14-23-26(33)31(20-9-5-17(2)24(29)15-20)28(36)32(27(23)34)21-10-6-18(3)25(30)16-21/h5-12,14-16H,4,13H2,1-3H3. The Bertz CT molecular complexity index is 1310. The van der Waals surface area contributed by atoms with Crippen LogP contribution in [-0.4, -0.2) is 23.5 Å². The molecule has 0 N–H and O–H groups in total. The van der Waals surface area contributed by atoms with Crippen molar-refractivity contribution in [1.82, 2.24) is 0 Å². The lowest BCUT2D eigenvalue weighted by molar-refractivity contribution is -0.120. The van der Waals surface area contributed by atoms with Crippen molar-refractivity contribution in [2.45, 2.75) is 27.2 Å². The van der Waals surface area contributed by atoms with Crippen LogP contribution in [-0.2, 0) is 9.59 Å². The zero-order valence-electron chi connectivity index (χ0n) is 20.0. The Morgan fingerprint density at radius 1 is 0.833 bits per heavy atom. The number of carbonyl (C=O) groups is 2. The number of amides is 2. The van der Waals surface area contributed by atoms with Crippen LogP contribution in [0.5, 0.6) is 5.75 Å². The number of ether oxygens (including phenoxy) is 1. The molecule has 0 spiro atoms. The molecular formula is C28H24Cl2N2O3S. The summed E-state index contributed by atoms with van der Waals surface area (Å²) < 4.78 is 5.63. The molecule has 1 aliphatic heterocycles. The minimum Gasteiger partial charge on any atom is -0.494 e. The van der Waals surface area contributed by atoms with Gasteiger partial charge >= 0.3 is 0 Å². The lowest BCUT2D eigenvalue weighted by Crippen LogP contribution is -2.57. The third-order valence-corrected chi connectivity index (χ3v) is 6.92. The average molecular weight is 539 g/mol. The molecule has 0 aliphatic carbocycles. The van der Waals surface area contributed by atoms with Crippen LogP contribution in [0.3, 0.4) is 0 Å². The van der Waals surface area contributed by atoms with Crippen LogP contribution < -0.4 is 14.5 Å². The van der Waals surface area contributed by atoms with E-state index in [-0.39, 0.29) is 10.7 Å². The summed E-state index contributed by atoms with van der Waals surface area (Å²) in [7, 11) is 0. The van der Waals surface area contributed by atoms with Gasteiger partial charge in [0.1, 0.15) is 11.3 Å². The number of aryl methyl sites for hydroxylation is 2. The van der Waals surface area contributed by atoms with Crippen LogP contribution in [0.15, 0.2) is 66.2 Å². The molecule has 0 unspecified atom stereocenters. The second-order valence-electron chi connectivity index (χ2n) is 8.41. The van der Waals surface area contributed by atoms with E-state index in [1.54, 1.807) is 66.7 Å². The number of hydrogen-bond acceptors (Lipinski definition) is 4. The molecule has 4 rings (SSSR count). The molecule has 36 heavy (non-hydrogen) atoms. The molecule has 0 bridgehead atoms. The van der Waals surface area contributed by atoms with Crippen molar-refractivity contribution >= 4 is 69.8 Å². The molecule has 1 heterocycles. The van der Waals surface area contributed by atoms with Crippen molar-refractivity contribution in [3.8, 4) is 5.75 Å². The minimum absolute atomic E-state index is 0.0188. The molecule has 3 aromatic rings. The van der Waals surface area contributed by atoms with Crippen LogP contribution in [0.1, 0.15) is 30.0 Å². The van der Waals surface area contributed by atoms with Crippen LogP contribution in [0.25, 0.3) is 6.08 Å². The van der Waals surface area contributed by atoms with Crippen molar-refractivity contribution in [2.75, 3.05) is 16.4 Å². The number of carbonyl (C=O) groups excluding carboxylic acids is 2. The maximum absolute atomic E-state index is 13.7. The predicted molar refractivity (Wildman–Crippen MR) is 150 cm³/mol. The molecular weight excluding hydrogens is 515 g/mol. The van der Waals surface area contributed by atoms with E-state index in [2.05, 4.69) is 0 Å². The first-order valence-corrected chi connectivity index (χ1v) is 12.6. The second kappa shape index (κ2) is 10.8. The Morgan fingerprint density at radius 3 is 1.78 bits per heavy atom. The second-order valence-corrected chi connectivity index (χ2v) is 9.59. The van der Waals surface area contributed by atoms with Crippen molar-refractivity contribution in [1.29, 1.82) is 0 Å². The van der Waals surface area contributed by atoms with Gasteiger partial charge in [-0.1, -0.05) is 54.4 Å². The van der Waals surface area contributed by atoms with Crippen molar-refractivity contribution in [3.63, 3.8) is 0 Å². The molecule has 8 heteroatoms. The maximum atomic E-state index is 13.7. The van der Waals surface area contributed by atoms with Gasteiger partial charge in [-0.15, -0.1) is 0 Å². The quantitative estimate of drug-likeness (QED) is 0.190. The van der Waals surface area contributed by atoms with E-state index in [4.69, 9.17) is 40.2 Å². The van der Waals surface area contributed by atoms with Gasteiger partial charge in [0.05, 0.1) is 18.0 Å². The molecule has 2 amide bonds. The first-order chi connectivity index (χ1) is 17.2. The third-order valence-electron chi connectivity index (χ3n) is 5.74. The largest absolute Gasteiger partial charge is 0.494 e. The molecule has 1 aliphatic rings. The van der Waals surface area contributed by atoms with Crippen LogP contribution >= 0.6 is 35.4 Å². The SMILES string of the molecule is CCCOc1ccc(C=C2C(=O)N(c3ccc(C)c(Cl)c3)C(=S)N(c3ccc(C)c(Cl)c3)C2=O)cc1. The summed E-state index contributed by atoms with van der Waals surface area (Å²) in [4.78, 5) is 30.0. The predicted octanol–water partition coefficient (Wildman–Crippen LogP) is 7.15. The van der Waals surface area contributed by atoms with Gasteiger partial charge in [0.15, 0.2) is 5.11 Å². The van der Waals surface area contributed by atoms with Gasteiger partial charge in [-0.2, -0.15) is 0 Å². The maximum Gasteiger partial charge on any atom is 0.270 e. The van der Waals surface area contributed by atoms with E-state index < -0.39 is 11.8 Å². The van der Waals surface area contributed by atoms with Gasteiger partial charge in [-0.05, 0) is 91.7 Å². The summed E-state index contributed by atoms with van der Waals surface area (Å²) >= 11 is 18.4. The molecule has 1 fully saturated rings. The smallest absolute Gasteiger partial charge is 0.270 e. The number of nitrogens with zero attached hydrogens (tertiary/aromatic N) is 2. The highest BCUT2D eigenvalue weighted by Gasteiger charge is 2.41. The number of benzene rings is 3. The van der Waals surface area contributed by atoms with E-state index in [1.165, 1.54) is 9.80 Å². The lowest BCUT2D eigenvalue weighted by Gasteiger charge is -2.36. The fraction of sp³-hybridized carbons (Fsp3) is 0.179. The van der Waals surface area contributed by atoms with E-state index in [0.29, 0.717) is 39.3 Å². The Hall–Kier alpha value is -3.19. The number of hydrogen-bond donors (Lipinski definition) is 0. The molecule has 0 atom stereocenters. The molecule has 3 aromatic carbocycles. The first kappa shape index (κ1) is 25.9. The fourth-order valence-electron chi connectivity index (χ4n) is 3.67. The number of halogens is 2. The molecule has 0 radical (unpaired) electrons. The number of anilines is 2. The van der Waals surface area contributed by atoms with E-state index in [0.717, 1.165) is 17.5 Å². The number of rotatable bonds is 6. The summed E-state index contributed by atoms with van der Waals surface area (Å²) in [5, 5.41) is 0.988. The highest BCUT2D eigenvalue weighted by atomic mass is 35.5. The van der Waals surface area contributed by atoms with Gasteiger partial charge in [0.2, 0.25) is 0 Å². The molecule has 1 saturated heterocycles. The lowest BCUT2D eigenvalue weighted by atomic mass is 10.0. The fourth-order valence-corrected chi connectivity index (χ4v) is 4.40. The third kappa shape index (κ3) is 5.16. The van der Waals surface area contributed by atoms with Crippen molar-refractivity contribution in [2.24, 2.45) is 0 Å². The van der Waals surface area contributed by atoms with Crippen molar-refractivity contribution < 1.29 is 14.3 Å². The molecule has 0 aromatic heterocycles. The van der Waals surface area contributed by atoms with E-state index >= 15 is 0 Å². The van der Waals surface area contributed by atoms with Gasteiger partial charge < -0.3 is 4.74 Å². The zero-order valence-corrected chi connectivity index (χ0v) is 22.4. The Kier molecular flexibility index (Phi) is 7.79. The Morgan fingerprint density at radius 2 is 1.33 bits per heavy atom. The highest BCUT2D eigenvalue weighted by Crippen LogP contribution is 2.33. The highest BCUT2D eigenvalue weighted by molar-refractivity contribution is 7.81. The number of thiocarbonyl (C=S) groups is 1. The summed E-state index contributed by atoms with van der Waals surface area (Å²) in [6.45, 7) is 6.37. The minimum atomic E-state index is -0.536. The molecule has 5 nitrogen and oxygen atoms in total. The molecule has 0 saturated carbocycles. The van der Waals surface area contributed by atoms with Crippen LogP contribution in [0.2, 0.25) is 10.0 Å². The summed E-state index contributed by atoms with van der Waals surface area (Å²) in [6, 6.07) is 17.6. The van der Waals surface area contributed by atoms with Gasteiger partial charge in [-0.3, -0.25) is 19.4 Å². The average Bonchev–Trinajstić information content (AvgIpc) is 2.85. The first-order valence-electron chi connectivity index (χ1n) is 11.4. The normalized spacial score (nSPS) is 13.9. The van der Waals surface area contributed by atoms with E-state index in [1.807, 2.05) is 20.8 Å². The Balaban J connectivity index is 1.82. The monoisotopic (exact) mass is 538 g/mol. The molecule has 184 valence electrons. The summed E-state index contributed by atoms with van der Waals surface area (Å²) in [6.07, 6.45) is 2.45. The van der Waals surface area contributed by atoms with Gasteiger partial charge in [0, 0.05) is 10.0 Å². The van der Waals surface area contributed by atoms with E-state index in [9.17, 15) is 9.59 Å². The van der Waals surface area contributed by atoms with Crippen molar-refractivity contribution in [3.05, 3.63) is 93.0 Å². The summed E-state index contributed by atoms with van der Waals surface area (Å²) in [5.74, 6) is -0.357. The van der Waals surface area contributed by atoms with Crippen LogP contribution in [0, 0.1) is 13.8 Å². The van der Waals surface area contributed by atoms with Gasteiger partial charge in [0.25, 0.3) is 11.8 Å². The van der Waals surface area contributed by atoms with Crippen LogP contribution in [0.4, 0.5) is 11.4 Å². The topological polar surface area (TPSA) is 49.9 Å². The Labute approximate surface area is 225 Å². The van der Waals surface area contributed by atoms with Gasteiger partial charge in [-0.25, -0.2) is 0 Å². The zero-order chi connectivity index (χ0) is 26.0. The summed E-state index contributed by atoms with van der Waals surface area (Å²) in [5.41, 5.74) is 3.27.